The molecule has 41 heavy (non-hydrogen) atoms. The van der Waals surface area contributed by atoms with Gasteiger partial charge in [0.15, 0.2) is 5.78 Å². The van der Waals surface area contributed by atoms with Crippen LogP contribution in [0.2, 0.25) is 0 Å². The van der Waals surface area contributed by atoms with Crippen molar-refractivity contribution in [1.82, 2.24) is 24.4 Å². The normalized spacial score (nSPS) is 18.1. The number of hydrogen-bond acceptors (Lipinski definition) is 9. The van der Waals surface area contributed by atoms with Gasteiger partial charge in [-0.3, -0.25) is 9.59 Å². The van der Waals surface area contributed by atoms with Gasteiger partial charge in [-0.25, -0.2) is 19.7 Å². The first-order valence-electron chi connectivity index (χ1n) is 14.3. The van der Waals surface area contributed by atoms with E-state index in [4.69, 9.17) is 4.74 Å². The van der Waals surface area contributed by atoms with E-state index in [0.29, 0.717) is 36.8 Å². The number of ether oxygens (including phenoxy) is 1. The molecule has 0 bridgehead atoms. The average Bonchev–Trinajstić information content (AvgIpc) is 3.42. The Labute approximate surface area is 239 Å². The van der Waals surface area contributed by atoms with Gasteiger partial charge in [-0.2, -0.15) is 0 Å². The zero-order valence-corrected chi connectivity index (χ0v) is 24.7. The van der Waals surface area contributed by atoms with Gasteiger partial charge >= 0.3 is 6.09 Å². The Hall–Kier alpha value is -4.02. The quantitative estimate of drug-likeness (QED) is 0.429. The molecule has 1 amide bonds. The van der Waals surface area contributed by atoms with Crippen LogP contribution in [0.3, 0.4) is 0 Å². The second kappa shape index (κ2) is 11.1. The zero-order valence-electron chi connectivity index (χ0n) is 24.7. The Morgan fingerprint density at radius 2 is 1.73 bits per heavy atom. The molecule has 1 aliphatic carbocycles. The number of rotatable bonds is 5. The molecule has 1 saturated heterocycles. The number of anilines is 3. The lowest BCUT2D eigenvalue weighted by atomic mass is 10.0. The van der Waals surface area contributed by atoms with Gasteiger partial charge < -0.3 is 24.4 Å². The Morgan fingerprint density at radius 3 is 2.34 bits per heavy atom. The molecule has 0 radical (unpaired) electrons. The molecule has 4 heterocycles. The van der Waals surface area contributed by atoms with Crippen molar-refractivity contribution in [3.63, 3.8) is 0 Å². The minimum atomic E-state index is -0.535. The molecular weight excluding hydrogens is 522 g/mol. The second-order valence-corrected chi connectivity index (χ2v) is 12.1. The minimum Gasteiger partial charge on any atom is -0.444 e. The molecule has 1 aliphatic heterocycles. The van der Waals surface area contributed by atoms with Crippen LogP contribution in [0.25, 0.3) is 10.9 Å². The van der Waals surface area contributed by atoms with E-state index in [0.717, 1.165) is 42.4 Å². The van der Waals surface area contributed by atoms with Crippen LogP contribution < -0.4 is 15.8 Å². The Balaban J connectivity index is 1.35. The fourth-order valence-corrected chi connectivity index (χ4v) is 5.90. The molecule has 2 aliphatic rings. The Morgan fingerprint density at radius 1 is 1.02 bits per heavy atom. The summed E-state index contributed by atoms with van der Waals surface area (Å²) in [5, 5.41) is 4.02. The van der Waals surface area contributed by atoms with E-state index >= 15 is 0 Å². The fourth-order valence-electron chi connectivity index (χ4n) is 5.90. The maximum Gasteiger partial charge on any atom is 0.410 e. The molecule has 3 aromatic rings. The van der Waals surface area contributed by atoms with E-state index in [1.807, 2.05) is 40.7 Å². The lowest BCUT2D eigenvalue weighted by Gasteiger charge is -2.40. The van der Waals surface area contributed by atoms with Gasteiger partial charge in [-0.1, -0.05) is 12.8 Å². The number of piperazine rings is 1. The van der Waals surface area contributed by atoms with Gasteiger partial charge in [0.25, 0.3) is 5.56 Å². The summed E-state index contributed by atoms with van der Waals surface area (Å²) >= 11 is 0. The highest BCUT2D eigenvalue weighted by molar-refractivity contribution is 6.00. The molecule has 0 aromatic carbocycles. The summed E-state index contributed by atoms with van der Waals surface area (Å²) in [6.45, 7) is 12.6. The molecule has 5 rings (SSSR count). The molecule has 1 unspecified atom stereocenters. The Bertz CT molecular complexity index is 1520. The van der Waals surface area contributed by atoms with Crippen LogP contribution in [0, 0.1) is 6.92 Å². The van der Waals surface area contributed by atoms with Crippen molar-refractivity contribution in [2.75, 3.05) is 29.9 Å². The molecule has 2 fully saturated rings. The average molecular weight is 562 g/mol. The summed E-state index contributed by atoms with van der Waals surface area (Å²) in [6, 6.07) is 1.89. The standard InChI is InChI=1S/C30H39N7O4/c1-18-17-35(11-12-36(18)29(40)41-30(4,5)6)26-16-32-25(15-33-26)34-24-13-23-22(14-31-24)19(2)27(20(3)38)28(39)37(23)21-9-7-8-10-21/h13-16,18,21H,7-12,17H2,1-6H3,(H,31,32,34). The van der Waals surface area contributed by atoms with Crippen LogP contribution in [0.5, 0.6) is 0 Å². The van der Waals surface area contributed by atoms with Crippen LogP contribution in [0.1, 0.15) is 82.3 Å². The molecule has 1 N–H and O–H groups in total. The summed E-state index contributed by atoms with van der Waals surface area (Å²) in [6.07, 6.45) is 8.73. The summed E-state index contributed by atoms with van der Waals surface area (Å²) in [4.78, 5) is 56.0. The number of aromatic nitrogens is 4. The lowest BCUT2D eigenvalue weighted by Crippen LogP contribution is -2.55. The molecule has 11 heteroatoms. The summed E-state index contributed by atoms with van der Waals surface area (Å²) in [5.41, 5.74) is 0.914. The number of ketones is 1. The van der Waals surface area contributed by atoms with Crippen LogP contribution >= 0.6 is 0 Å². The molecule has 11 nitrogen and oxygen atoms in total. The van der Waals surface area contributed by atoms with Crippen molar-refractivity contribution in [3.05, 3.63) is 46.1 Å². The molecular formula is C30H39N7O4. The summed E-state index contributed by atoms with van der Waals surface area (Å²) < 4.78 is 7.34. The number of carbonyl (C=O) groups is 2. The van der Waals surface area contributed by atoms with Crippen LogP contribution in [-0.2, 0) is 4.74 Å². The SMILES string of the molecule is CC(=O)c1c(C)c2cnc(Nc3cnc(N4CCN(C(=O)OC(C)(C)C)C(C)C4)cn3)cc2n(C2CCCC2)c1=O. The third-order valence-corrected chi connectivity index (χ3v) is 7.87. The van der Waals surface area contributed by atoms with Crippen molar-refractivity contribution in [1.29, 1.82) is 0 Å². The van der Waals surface area contributed by atoms with Gasteiger partial charge in [0.05, 0.1) is 23.5 Å². The number of carbonyl (C=O) groups excluding carboxylic acids is 2. The predicted octanol–water partition coefficient (Wildman–Crippen LogP) is 5.00. The molecule has 3 aromatic heterocycles. The zero-order chi connectivity index (χ0) is 29.5. The van der Waals surface area contributed by atoms with Gasteiger partial charge in [-0.05, 0) is 59.9 Å². The predicted molar refractivity (Wildman–Crippen MR) is 158 cm³/mol. The van der Waals surface area contributed by atoms with Crippen molar-refractivity contribution < 1.29 is 14.3 Å². The first-order valence-corrected chi connectivity index (χ1v) is 14.3. The van der Waals surface area contributed by atoms with Crippen molar-refractivity contribution in [3.8, 4) is 0 Å². The van der Waals surface area contributed by atoms with E-state index in [9.17, 15) is 14.4 Å². The minimum absolute atomic E-state index is 0.0376. The van der Waals surface area contributed by atoms with Crippen LogP contribution in [-0.4, -0.2) is 67.6 Å². The Kier molecular flexibility index (Phi) is 7.72. The van der Waals surface area contributed by atoms with E-state index in [1.54, 1.807) is 28.1 Å². The molecule has 1 saturated carbocycles. The number of amides is 1. The van der Waals surface area contributed by atoms with Crippen LogP contribution in [0.4, 0.5) is 22.2 Å². The first-order chi connectivity index (χ1) is 19.4. The van der Waals surface area contributed by atoms with Crippen molar-refractivity contribution >= 4 is 40.2 Å². The summed E-state index contributed by atoms with van der Waals surface area (Å²) in [5.74, 6) is 1.56. The maximum absolute atomic E-state index is 13.5. The van der Waals surface area contributed by atoms with E-state index in [-0.39, 0.29) is 35.1 Å². The van der Waals surface area contributed by atoms with Gasteiger partial charge in [0.2, 0.25) is 0 Å². The second-order valence-electron chi connectivity index (χ2n) is 12.1. The highest BCUT2D eigenvalue weighted by atomic mass is 16.6. The number of fused-ring (bicyclic) bond motifs is 1. The van der Waals surface area contributed by atoms with E-state index < -0.39 is 5.60 Å². The number of pyridine rings is 2. The van der Waals surface area contributed by atoms with Crippen molar-refractivity contribution in [2.24, 2.45) is 0 Å². The monoisotopic (exact) mass is 561 g/mol. The number of nitrogens with one attached hydrogen (secondary N) is 1. The third-order valence-electron chi connectivity index (χ3n) is 7.87. The number of hydrogen-bond donors (Lipinski definition) is 1. The first kappa shape index (κ1) is 28.5. The van der Waals surface area contributed by atoms with Gasteiger partial charge in [0, 0.05) is 49.4 Å². The third kappa shape index (κ3) is 5.89. The van der Waals surface area contributed by atoms with Crippen molar-refractivity contribution in [2.45, 2.75) is 84.9 Å². The number of aryl methyl sites for hydroxylation is 1. The fraction of sp³-hybridized carbons (Fsp3) is 0.533. The topological polar surface area (TPSA) is 123 Å². The van der Waals surface area contributed by atoms with Crippen LogP contribution in [0.15, 0.2) is 29.5 Å². The lowest BCUT2D eigenvalue weighted by molar-refractivity contribution is 0.0158. The highest BCUT2D eigenvalue weighted by Crippen LogP contribution is 2.33. The van der Waals surface area contributed by atoms with Gasteiger partial charge in [-0.15, -0.1) is 0 Å². The maximum atomic E-state index is 13.5. The van der Waals surface area contributed by atoms with E-state index in [2.05, 4.69) is 25.2 Å². The number of Topliss-reactive ketones (excluding diaryl/α,β-unsaturated/α-hetero) is 1. The molecule has 1 atom stereocenters. The highest BCUT2D eigenvalue weighted by Gasteiger charge is 2.31. The smallest absolute Gasteiger partial charge is 0.410 e. The van der Waals surface area contributed by atoms with Gasteiger partial charge in [0.1, 0.15) is 23.1 Å². The largest absolute Gasteiger partial charge is 0.444 e. The van der Waals surface area contributed by atoms with E-state index in [1.165, 1.54) is 6.92 Å². The molecule has 218 valence electrons. The molecule has 0 spiro atoms. The number of nitrogens with zero attached hydrogens (tertiary/aromatic N) is 6. The summed E-state index contributed by atoms with van der Waals surface area (Å²) in [7, 11) is 0.